The molecule has 178 valence electrons. The number of nitrogens with zero attached hydrogens (tertiary/aromatic N) is 5. The maximum Gasteiger partial charge on any atom is 0.250 e. The summed E-state index contributed by atoms with van der Waals surface area (Å²) >= 11 is 4.70. The summed E-state index contributed by atoms with van der Waals surface area (Å²) in [5.74, 6) is 0.806. The number of carbonyl (C=O) groups is 1. The Morgan fingerprint density at radius 3 is 2.80 bits per heavy atom. The number of hydrogen-bond acceptors (Lipinski definition) is 8. The molecule has 0 radical (unpaired) electrons. The first-order valence-electron chi connectivity index (χ1n) is 10.6. The number of halogens is 1. The highest BCUT2D eigenvalue weighted by Crippen LogP contribution is 2.28. The summed E-state index contributed by atoms with van der Waals surface area (Å²) in [5, 5.41) is 23.0. The van der Waals surface area contributed by atoms with Gasteiger partial charge in [0.1, 0.15) is 0 Å². The van der Waals surface area contributed by atoms with E-state index in [1.54, 1.807) is 24.5 Å². The molecule has 0 atom stereocenters. The Bertz CT molecular complexity index is 1330. The Kier molecular flexibility index (Phi) is 8.11. The summed E-state index contributed by atoms with van der Waals surface area (Å²) in [7, 11) is 0. The fourth-order valence-electron chi connectivity index (χ4n) is 3.09. The van der Waals surface area contributed by atoms with E-state index >= 15 is 0 Å². The maximum atomic E-state index is 12.4. The Morgan fingerprint density at radius 1 is 1.23 bits per heavy atom. The molecule has 0 fully saturated rings. The van der Waals surface area contributed by atoms with E-state index in [0.29, 0.717) is 28.9 Å². The van der Waals surface area contributed by atoms with Crippen molar-refractivity contribution in [3.05, 3.63) is 77.0 Å². The standard InChI is InChI=1S/C24H21BrN6O3S/c1-2-34-21-12-16(5-10-20(21)32)13-27-28-22(33)15-35-24-30-29-23(17-4-3-11-26-14-17)31(24)19-8-6-18(25)7-9-19/h3-14,32H,2,15H2,1H3,(H,28,33). The number of hydrazone groups is 1. The van der Waals surface area contributed by atoms with Crippen molar-refractivity contribution in [3.8, 4) is 28.6 Å². The fourth-order valence-corrected chi connectivity index (χ4v) is 4.10. The second-order valence-electron chi connectivity index (χ2n) is 7.10. The van der Waals surface area contributed by atoms with E-state index in [-0.39, 0.29) is 17.4 Å². The Labute approximate surface area is 214 Å². The van der Waals surface area contributed by atoms with Crippen LogP contribution in [-0.4, -0.2) is 49.3 Å². The van der Waals surface area contributed by atoms with Gasteiger partial charge in [-0.1, -0.05) is 27.7 Å². The van der Waals surface area contributed by atoms with E-state index in [2.05, 4.69) is 41.6 Å². The molecule has 0 aliphatic heterocycles. The zero-order valence-electron chi connectivity index (χ0n) is 18.6. The second-order valence-corrected chi connectivity index (χ2v) is 8.96. The zero-order chi connectivity index (χ0) is 24.6. The summed E-state index contributed by atoms with van der Waals surface area (Å²) in [5.41, 5.74) is 4.85. The highest BCUT2D eigenvalue weighted by atomic mass is 79.9. The van der Waals surface area contributed by atoms with E-state index in [1.165, 1.54) is 24.0 Å². The van der Waals surface area contributed by atoms with Crippen molar-refractivity contribution in [2.45, 2.75) is 12.1 Å². The first-order valence-corrected chi connectivity index (χ1v) is 12.3. The molecule has 0 spiro atoms. The third-order valence-electron chi connectivity index (χ3n) is 4.66. The van der Waals surface area contributed by atoms with Crippen LogP contribution in [0.4, 0.5) is 0 Å². The summed E-state index contributed by atoms with van der Waals surface area (Å²) < 4.78 is 8.19. The van der Waals surface area contributed by atoms with E-state index in [1.807, 2.05) is 47.9 Å². The number of amides is 1. The van der Waals surface area contributed by atoms with E-state index in [9.17, 15) is 9.90 Å². The lowest BCUT2D eigenvalue weighted by molar-refractivity contribution is -0.118. The highest BCUT2D eigenvalue weighted by Gasteiger charge is 2.17. The third kappa shape index (κ3) is 6.25. The monoisotopic (exact) mass is 552 g/mol. The minimum Gasteiger partial charge on any atom is -0.504 e. The second kappa shape index (κ2) is 11.6. The molecule has 2 heterocycles. The molecule has 11 heteroatoms. The minimum absolute atomic E-state index is 0.0463. The number of phenols is 1. The molecule has 0 saturated carbocycles. The predicted molar refractivity (Wildman–Crippen MR) is 138 cm³/mol. The van der Waals surface area contributed by atoms with Crippen molar-refractivity contribution in [1.29, 1.82) is 0 Å². The molecular weight excluding hydrogens is 532 g/mol. The lowest BCUT2D eigenvalue weighted by Gasteiger charge is -2.10. The quantitative estimate of drug-likeness (QED) is 0.179. The van der Waals surface area contributed by atoms with Gasteiger partial charge in [-0.05, 0) is 67.1 Å². The summed E-state index contributed by atoms with van der Waals surface area (Å²) in [6, 6.07) is 16.3. The van der Waals surface area contributed by atoms with Crippen LogP contribution in [0, 0.1) is 0 Å². The van der Waals surface area contributed by atoms with Crippen molar-refractivity contribution < 1.29 is 14.6 Å². The molecule has 0 saturated heterocycles. The average Bonchev–Trinajstić information content (AvgIpc) is 3.30. The number of benzene rings is 2. The van der Waals surface area contributed by atoms with Gasteiger partial charge < -0.3 is 9.84 Å². The molecule has 4 rings (SSSR count). The van der Waals surface area contributed by atoms with Crippen molar-refractivity contribution in [2.75, 3.05) is 12.4 Å². The third-order valence-corrected chi connectivity index (χ3v) is 6.11. The largest absolute Gasteiger partial charge is 0.504 e. The highest BCUT2D eigenvalue weighted by molar-refractivity contribution is 9.10. The Morgan fingerprint density at radius 2 is 2.06 bits per heavy atom. The van der Waals surface area contributed by atoms with Crippen molar-refractivity contribution in [3.63, 3.8) is 0 Å². The molecule has 2 aromatic carbocycles. The number of rotatable bonds is 9. The molecule has 0 aliphatic carbocycles. The van der Waals surface area contributed by atoms with Crippen molar-refractivity contribution in [2.24, 2.45) is 5.10 Å². The van der Waals surface area contributed by atoms with Gasteiger partial charge in [0, 0.05) is 28.1 Å². The van der Waals surface area contributed by atoms with Gasteiger partial charge in [-0.2, -0.15) is 5.10 Å². The smallest absolute Gasteiger partial charge is 0.250 e. The van der Waals surface area contributed by atoms with Gasteiger partial charge in [0.2, 0.25) is 0 Å². The van der Waals surface area contributed by atoms with Crippen LogP contribution in [0.5, 0.6) is 11.5 Å². The number of nitrogens with one attached hydrogen (secondary N) is 1. The van der Waals surface area contributed by atoms with Crippen molar-refractivity contribution in [1.82, 2.24) is 25.2 Å². The molecule has 2 aromatic heterocycles. The predicted octanol–water partition coefficient (Wildman–Crippen LogP) is 4.44. The fraction of sp³-hybridized carbons (Fsp3) is 0.125. The molecule has 1 amide bonds. The van der Waals surface area contributed by atoms with Gasteiger partial charge in [0.05, 0.1) is 18.6 Å². The molecule has 35 heavy (non-hydrogen) atoms. The minimum atomic E-state index is -0.302. The number of aromatic nitrogens is 4. The van der Waals surface area contributed by atoms with Crippen molar-refractivity contribution >= 4 is 39.8 Å². The first kappa shape index (κ1) is 24.4. The van der Waals surface area contributed by atoms with Crippen LogP contribution in [0.2, 0.25) is 0 Å². The van der Waals surface area contributed by atoms with Gasteiger partial charge in [-0.3, -0.25) is 14.3 Å². The number of aromatic hydroxyl groups is 1. The number of carbonyl (C=O) groups excluding carboxylic acids is 1. The topological polar surface area (TPSA) is 115 Å². The molecule has 0 bridgehead atoms. The molecule has 4 aromatic rings. The van der Waals surface area contributed by atoms with Gasteiger partial charge in [-0.15, -0.1) is 10.2 Å². The zero-order valence-corrected chi connectivity index (χ0v) is 21.0. The summed E-state index contributed by atoms with van der Waals surface area (Å²) in [6.07, 6.45) is 4.89. The lowest BCUT2D eigenvalue weighted by Crippen LogP contribution is -2.20. The van der Waals surface area contributed by atoms with Crippen LogP contribution >= 0.6 is 27.7 Å². The number of hydrogen-bond donors (Lipinski definition) is 2. The summed E-state index contributed by atoms with van der Waals surface area (Å²) in [6.45, 7) is 2.25. The number of thioether (sulfide) groups is 1. The van der Waals surface area contributed by atoms with Gasteiger partial charge in [0.25, 0.3) is 5.91 Å². The number of ether oxygens (including phenoxy) is 1. The SMILES string of the molecule is CCOc1cc(C=NNC(=O)CSc2nnc(-c3cccnc3)n2-c2ccc(Br)cc2)ccc1O. The average molecular weight is 553 g/mol. The van der Waals surface area contributed by atoms with Crippen LogP contribution in [0.15, 0.2) is 81.7 Å². The molecule has 0 unspecified atom stereocenters. The van der Waals surface area contributed by atoms with E-state index in [4.69, 9.17) is 4.74 Å². The van der Waals surface area contributed by atoms with Crippen LogP contribution < -0.4 is 10.2 Å². The number of phenolic OH excluding ortho intramolecular Hbond substituents is 1. The number of pyridine rings is 1. The molecular formula is C24H21BrN6O3S. The Hall–Kier alpha value is -3.70. The maximum absolute atomic E-state index is 12.4. The molecule has 2 N–H and O–H groups in total. The van der Waals surface area contributed by atoms with Crippen LogP contribution in [0.25, 0.3) is 17.1 Å². The van der Waals surface area contributed by atoms with E-state index in [0.717, 1.165) is 15.7 Å². The lowest BCUT2D eigenvalue weighted by atomic mass is 10.2. The van der Waals surface area contributed by atoms with Gasteiger partial charge in [0.15, 0.2) is 22.5 Å². The van der Waals surface area contributed by atoms with Gasteiger partial charge >= 0.3 is 0 Å². The molecule has 9 nitrogen and oxygen atoms in total. The van der Waals surface area contributed by atoms with Gasteiger partial charge in [-0.25, -0.2) is 5.43 Å². The van der Waals surface area contributed by atoms with Crippen LogP contribution in [-0.2, 0) is 4.79 Å². The molecule has 0 aliphatic rings. The Balaban J connectivity index is 1.46. The van der Waals surface area contributed by atoms with Crippen LogP contribution in [0.3, 0.4) is 0 Å². The van der Waals surface area contributed by atoms with E-state index < -0.39 is 0 Å². The first-order chi connectivity index (χ1) is 17.0. The summed E-state index contributed by atoms with van der Waals surface area (Å²) in [4.78, 5) is 16.6. The van der Waals surface area contributed by atoms with Crippen LogP contribution in [0.1, 0.15) is 12.5 Å². The normalized spacial score (nSPS) is 11.0.